The molecule has 0 aliphatic rings. The molecule has 0 radical (unpaired) electrons. The van der Waals surface area contributed by atoms with E-state index in [0.29, 0.717) is 75.9 Å². The van der Waals surface area contributed by atoms with Crippen molar-refractivity contribution in [2.75, 3.05) is 85.2 Å². The number of fused-ring (bicyclic) bond motifs is 4. The summed E-state index contributed by atoms with van der Waals surface area (Å²) in [6.45, 7) is 7.55. The highest BCUT2D eigenvalue weighted by Gasteiger charge is 2.13. The molecule has 97 heavy (non-hydrogen) atoms. The van der Waals surface area contributed by atoms with Crippen molar-refractivity contribution < 1.29 is 34.0 Å². The van der Waals surface area contributed by atoms with Crippen molar-refractivity contribution in [2.45, 2.75) is 34.1 Å². The van der Waals surface area contributed by atoms with E-state index in [4.69, 9.17) is 15.8 Å². The Bertz CT molecular complexity index is 4770. The van der Waals surface area contributed by atoms with Crippen molar-refractivity contribution in [1.29, 1.82) is 0 Å². The van der Waals surface area contributed by atoms with Crippen LogP contribution in [0, 0.1) is 27.7 Å². The van der Waals surface area contributed by atoms with Gasteiger partial charge < -0.3 is 37.6 Å². The largest absolute Gasteiger partial charge is 0.384 e. The highest BCUT2D eigenvalue weighted by molar-refractivity contribution is 6.03. The average Bonchev–Trinajstić information content (AvgIpc) is 0.937. The zero-order chi connectivity index (χ0) is 68.6. The highest BCUT2D eigenvalue weighted by atomic mass is 16.6. The second-order valence-corrected chi connectivity index (χ2v) is 21.2. The van der Waals surface area contributed by atoms with Crippen molar-refractivity contribution in [2.24, 2.45) is 0 Å². The minimum Gasteiger partial charge on any atom is -0.384 e. The molecule has 12 rings (SSSR count). The van der Waals surface area contributed by atoms with Crippen molar-refractivity contribution in [3.8, 4) is 0 Å². The summed E-state index contributed by atoms with van der Waals surface area (Å²) < 4.78 is 0. The first-order chi connectivity index (χ1) is 46.9. The topological polar surface area (TPSA) is 388 Å². The number of amides is 9. The number of urea groups is 4. The second-order valence-electron chi connectivity index (χ2n) is 21.2. The average molecular weight is 1300 g/mol. The summed E-state index contributed by atoms with van der Waals surface area (Å²) in [4.78, 5) is 97.5. The maximum absolute atomic E-state index is 12.3. The SMILES string of the molecule is CNC(=O)CCNc1cc(C)nc(NC(=O)Nc2ccc3ccccc3c2)n1.CONc1cc(C)nc(NC(=O)Nc2ccc3ccccc3c2)n1.Cc1cc(N)nc(NC(=O)Nc2ccc3ccccc3c2)n1.Cc1cc(NO)nc(NC(=O)Nc2ccc3ccccc3c2)n1. The second kappa shape index (κ2) is 33.4. The summed E-state index contributed by atoms with van der Waals surface area (Å²) in [6, 6.07) is 59.3. The van der Waals surface area contributed by atoms with Crippen LogP contribution in [0.2, 0.25) is 0 Å². The Balaban J connectivity index is 0.000000152. The number of rotatable bonds is 15. The van der Waals surface area contributed by atoms with E-state index in [0.717, 1.165) is 43.1 Å². The normalized spacial score (nSPS) is 10.4. The Kier molecular flexibility index (Phi) is 23.5. The quantitative estimate of drug-likeness (QED) is 0.0424. The van der Waals surface area contributed by atoms with E-state index in [2.05, 4.69) is 98.5 Å². The van der Waals surface area contributed by atoms with Gasteiger partial charge in [0, 0.05) is 89.8 Å². The van der Waals surface area contributed by atoms with Crippen molar-refractivity contribution >= 4 is 143 Å². The molecule has 0 saturated heterocycles. The number of carbonyl (C=O) groups excluding carboxylic acids is 5. The van der Waals surface area contributed by atoms with E-state index in [1.165, 1.54) is 7.11 Å². The lowest BCUT2D eigenvalue weighted by atomic mass is 10.1. The predicted octanol–water partition coefficient (Wildman–Crippen LogP) is 13.2. The number of nitrogens with zero attached hydrogens (tertiary/aromatic N) is 8. The Morgan fingerprint density at radius 3 is 1.03 bits per heavy atom. The third kappa shape index (κ3) is 21.2. The van der Waals surface area contributed by atoms with Gasteiger partial charge in [0.05, 0.1) is 7.11 Å². The Morgan fingerprint density at radius 2 is 0.691 bits per heavy atom. The molecule has 0 bridgehead atoms. The Morgan fingerprint density at radius 1 is 0.381 bits per heavy atom. The highest BCUT2D eigenvalue weighted by Crippen LogP contribution is 2.24. The van der Waals surface area contributed by atoms with Crippen LogP contribution in [0.4, 0.5) is 89.0 Å². The van der Waals surface area contributed by atoms with Gasteiger partial charge in [-0.05, 0) is 119 Å². The molecule has 4 heterocycles. The van der Waals surface area contributed by atoms with E-state index in [1.54, 1.807) is 59.0 Å². The fourth-order valence-electron chi connectivity index (χ4n) is 9.38. The molecule has 15 N–H and O–H groups in total. The predicted molar refractivity (Wildman–Crippen MR) is 381 cm³/mol. The number of nitrogens with one attached hydrogen (secondary N) is 12. The van der Waals surface area contributed by atoms with E-state index in [-0.39, 0.29) is 35.5 Å². The van der Waals surface area contributed by atoms with E-state index in [9.17, 15) is 24.0 Å². The summed E-state index contributed by atoms with van der Waals surface area (Å²) in [6.07, 6.45) is 0.324. The molecule has 0 atom stereocenters. The molecule has 12 aromatic rings. The number of anilines is 12. The summed E-state index contributed by atoms with van der Waals surface area (Å²) in [5.74, 6) is 2.10. The summed E-state index contributed by atoms with van der Waals surface area (Å²) >= 11 is 0. The molecule has 0 unspecified atom stereocenters. The van der Waals surface area contributed by atoms with Gasteiger partial charge in [-0.3, -0.25) is 41.6 Å². The first kappa shape index (κ1) is 68.2. The summed E-state index contributed by atoms with van der Waals surface area (Å²) in [5, 5.41) is 44.5. The Hall–Kier alpha value is -13.2. The van der Waals surface area contributed by atoms with Crippen LogP contribution in [0.15, 0.2) is 194 Å². The molecular weight excluding hydrogens is 1230 g/mol. The van der Waals surface area contributed by atoms with Crippen molar-refractivity contribution in [3.63, 3.8) is 0 Å². The summed E-state index contributed by atoms with van der Waals surface area (Å²) in [5.41, 5.74) is 15.6. The maximum Gasteiger partial charge on any atom is 0.326 e. The maximum atomic E-state index is 12.3. The number of nitrogens with two attached hydrogens (primary N) is 1. The van der Waals surface area contributed by atoms with Crippen LogP contribution in [-0.2, 0) is 9.63 Å². The van der Waals surface area contributed by atoms with Gasteiger partial charge in [0.2, 0.25) is 29.7 Å². The minimum atomic E-state index is -0.463. The van der Waals surface area contributed by atoms with Crippen LogP contribution >= 0.6 is 0 Å². The number of carbonyl (C=O) groups is 5. The van der Waals surface area contributed by atoms with Crippen molar-refractivity contribution in [1.82, 2.24) is 45.2 Å². The lowest BCUT2D eigenvalue weighted by molar-refractivity contribution is -0.120. The van der Waals surface area contributed by atoms with Gasteiger partial charge >= 0.3 is 24.1 Å². The van der Waals surface area contributed by atoms with Gasteiger partial charge in [0.15, 0.2) is 11.6 Å². The number of aryl methyl sites for hydroxylation is 4. The van der Waals surface area contributed by atoms with Crippen LogP contribution < -0.4 is 69.9 Å². The third-order valence-electron chi connectivity index (χ3n) is 13.6. The first-order valence-electron chi connectivity index (χ1n) is 30.0. The van der Waals surface area contributed by atoms with Crippen LogP contribution in [-0.4, -0.2) is 95.8 Å². The van der Waals surface area contributed by atoms with Gasteiger partial charge in [0.25, 0.3) is 0 Å². The number of benzene rings is 8. The molecule has 28 heteroatoms. The fourth-order valence-corrected chi connectivity index (χ4v) is 9.38. The molecule has 0 fully saturated rings. The Labute approximate surface area is 556 Å². The standard InChI is InChI=1S/C20H22N6O2.C17H17N5O2.C16H15N5O2.C16H15N5O/c1-13-11-17(22-10-9-18(27)21-2)25-19(23-13)26-20(28)24-16-8-7-14-5-3-4-6-15(14)12-16;1-11-9-15(22-24-2)20-16(18-11)21-17(23)19-14-8-7-12-5-3-4-6-13(12)10-14;1-10-8-14(21-23)19-15(17-10)20-16(22)18-13-7-6-11-4-2-3-5-12(11)9-13;1-10-8-14(17)20-15(18-10)21-16(22)19-13-7-6-11-4-2-3-5-12(11)9-13/h3-8,11-12H,9-10H2,1-2H3,(H,21,27)(H3,22,23,24,25,26,28);3-10H,1-2H3,(H3,18,19,20,21,22,23);2-9,23H,1H3,(H3,17,18,19,20,21,22);2-9H,1H3,(H4,17,18,19,20,21,22). The van der Waals surface area contributed by atoms with Gasteiger partial charge in [-0.15, -0.1) is 0 Å². The molecule has 28 nitrogen and oxygen atoms in total. The van der Waals surface area contributed by atoms with Gasteiger partial charge in [0.1, 0.15) is 11.6 Å². The molecule has 0 aliphatic carbocycles. The number of hydrogen-bond donors (Lipinski definition) is 14. The summed E-state index contributed by atoms with van der Waals surface area (Å²) in [7, 11) is 3.07. The smallest absolute Gasteiger partial charge is 0.326 e. The first-order valence-corrected chi connectivity index (χ1v) is 30.0. The number of hydrogen-bond acceptors (Lipinski definition) is 19. The zero-order valence-corrected chi connectivity index (χ0v) is 53.4. The fraction of sp³-hybridized carbons (Fsp3) is 0.116. The molecule has 0 saturated carbocycles. The third-order valence-corrected chi connectivity index (χ3v) is 13.6. The molecule has 492 valence electrons. The van der Waals surface area contributed by atoms with E-state index in [1.807, 2.05) is 175 Å². The van der Waals surface area contributed by atoms with Crippen LogP contribution in [0.5, 0.6) is 0 Å². The number of aromatic nitrogens is 8. The van der Waals surface area contributed by atoms with Gasteiger partial charge in [-0.2, -0.15) is 19.9 Å². The lowest BCUT2D eigenvalue weighted by Crippen LogP contribution is -2.22. The molecule has 0 aliphatic heterocycles. The minimum absolute atomic E-state index is 0.0635. The van der Waals surface area contributed by atoms with Crippen LogP contribution in [0.25, 0.3) is 43.1 Å². The molecule has 9 amide bonds. The number of nitrogen functional groups attached to an aromatic ring is 1. The molecular formula is C69H69N21O7. The molecule has 8 aromatic carbocycles. The molecule has 0 spiro atoms. The van der Waals surface area contributed by atoms with Gasteiger partial charge in [-0.1, -0.05) is 121 Å². The van der Waals surface area contributed by atoms with E-state index < -0.39 is 24.1 Å². The van der Waals surface area contributed by atoms with Gasteiger partial charge in [-0.25, -0.2) is 44.6 Å². The van der Waals surface area contributed by atoms with Crippen molar-refractivity contribution in [3.05, 3.63) is 217 Å². The van der Waals surface area contributed by atoms with Crippen LogP contribution in [0.3, 0.4) is 0 Å². The zero-order valence-electron chi connectivity index (χ0n) is 53.4. The monoisotopic (exact) mass is 1300 g/mol. The van der Waals surface area contributed by atoms with E-state index >= 15 is 0 Å². The lowest BCUT2D eigenvalue weighted by Gasteiger charge is -2.10. The van der Waals surface area contributed by atoms with Crippen LogP contribution in [0.1, 0.15) is 29.2 Å². The molecule has 4 aromatic heterocycles.